The maximum absolute atomic E-state index is 3.75. The molecule has 1 aliphatic heterocycles. The lowest BCUT2D eigenvalue weighted by atomic mass is 9.75. The van der Waals surface area contributed by atoms with Gasteiger partial charge >= 0.3 is 0 Å². The summed E-state index contributed by atoms with van der Waals surface area (Å²) in [5.74, 6) is 0.835. The predicted octanol–water partition coefficient (Wildman–Crippen LogP) is 3.57. The highest BCUT2D eigenvalue weighted by Gasteiger charge is 2.30. The Morgan fingerprint density at radius 1 is 1.33 bits per heavy atom. The second kappa shape index (κ2) is 8.16. The van der Waals surface area contributed by atoms with E-state index in [4.69, 9.17) is 0 Å². The fraction of sp³-hybridized carbons (Fsp3) is 1.00. The van der Waals surface area contributed by atoms with Crippen LogP contribution in [0.25, 0.3) is 0 Å². The highest BCUT2D eigenvalue weighted by atomic mass is 14.9. The van der Waals surface area contributed by atoms with Gasteiger partial charge in [-0.05, 0) is 50.6 Å². The van der Waals surface area contributed by atoms with E-state index in [1.807, 2.05) is 0 Å². The fourth-order valence-corrected chi connectivity index (χ4v) is 2.90. The molecule has 108 valence electrons. The number of rotatable bonds is 8. The lowest BCUT2D eigenvalue weighted by molar-refractivity contribution is 0.161. The predicted molar refractivity (Wildman–Crippen MR) is 81.0 cm³/mol. The maximum Gasteiger partial charge on any atom is 0.00389 e. The van der Waals surface area contributed by atoms with Crippen LogP contribution in [0.15, 0.2) is 0 Å². The van der Waals surface area contributed by atoms with Gasteiger partial charge in [0.25, 0.3) is 0 Å². The van der Waals surface area contributed by atoms with E-state index in [-0.39, 0.29) is 0 Å². The van der Waals surface area contributed by atoms with Crippen molar-refractivity contribution in [2.75, 3.05) is 19.6 Å². The Balaban J connectivity index is 2.22. The number of piperidine rings is 1. The van der Waals surface area contributed by atoms with Crippen molar-refractivity contribution in [1.29, 1.82) is 0 Å². The first-order chi connectivity index (χ1) is 8.56. The van der Waals surface area contributed by atoms with Gasteiger partial charge in [0.2, 0.25) is 0 Å². The Bertz CT molecular complexity index is 207. The molecule has 1 heterocycles. The molecule has 0 aromatic rings. The van der Waals surface area contributed by atoms with Gasteiger partial charge in [0.05, 0.1) is 0 Å². The first-order valence-electron chi connectivity index (χ1n) is 8.00. The fourth-order valence-electron chi connectivity index (χ4n) is 2.90. The van der Waals surface area contributed by atoms with E-state index < -0.39 is 0 Å². The average molecular weight is 254 g/mol. The molecule has 2 atom stereocenters. The molecule has 0 radical (unpaired) electrons. The van der Waals surface area contributed by atoms with Gasteiger partial charge in [0.1, 0.15) is 0 Å². The minimum atomic E-state index is 0.423. The summed E-state index contributed by atoms with van der Waals surface area (Å²) in [6, 6.07) is 0.673. The van der Waals surface area contributed by atoms with Crippen LogP contribution in [0.4, 0.5) is 0 Å². The Hall–Kier alpha value is -0.0800. The first kappa shape index (κ1) is 16.0. The first-order valence-corrected chi connectivity index (χ1v) is 8.00. The van der Waals surface area contributed by atoms with Crippen molar-refractivity contribution < 1.29 is 0 Å². The van der Waals surface area contributed by atoms with Crippen LogP contribution in [0, 0.1) is 11.3 Å². The molecule has 18 heavy (non-hydrogen) atoms. The minimum absolute atomic E-state index is 0.423. The van der Waals surface area contributed by atoms with Crippen LogP contribution in [0.1, 0.15) is 66.2 Å². The van der Waals surface area contributed by atoms with Crippen LogP contribution in [-0.4, -0.2) is 25.7 Å². The molecule has 1 saturated heterocycles. The van der Waals surface area contributed by atoms with E-state index in [1.165, 1.54) is 51.6 Å². The number of unbranched alkanes of at least 4 members (excludes halogenated alkanes) is 2. The SMILES string of the molecule is CCCCCC(C)NCC(C)(C)C1CCCNC1. The second-order valence-corrected chi connectivity index (χ2v) is 6.81. The molecular weight excluding hydrogens is 220 g/mol. The Morgan fingerprint density at radius 2 is 2.11 bits per heavy atom. The molecule has 1 rings (SSSR count). The van der Waals surface area contributed by atoms with Crippen molar-refractivity contribution in [3.05, 3.63) is 0 Å². The normalized spacial score (nSPS) is 23.0. The van der Waals surface area contributed by atoms with E-state index in [0.717, 1.165) is 12.5 Å². The smallest absolute Gasteiger partial charge is 0.00389 e. The molecule has 2 unspecified atom stereocenters. The average Bonchev–Trinajstić information content (AvgIpc) is 2.38. The van der Waals surface area contributed by atoms with Crippen LogP contribution in [0.3, 0.4) is 0 Å². The monoisotopic (exact) mass is 254 g/mol. The molecule has 0 aromatic heterocycles. The van der Waals surface area contributed by atoms with Gasteiger partial charge in [-0.2, -0.15) is 0 Å². The molecule has 0 saturated carbocycles. The van der Waals surface area contributed by atoms with Crippen molar-refractivity contribution in [2.45, 2.75) is 72.3 Å². The zero-order valence-electron chi connectivity index (χ0n) is 13.0. The zero-order chi connectivity index (χ0) is 13.4. The summed E-state index contributed by atoms with van der Waals surface area (Å²) in [7, 11) is 0. The standard InChI is InChI=1S/C16H34N2/c1-5-6-7-9-14(2)18-13-16(3,4)15-10-8-11-17-12-15/h14-15,17-18H,5-13H2,1-4H3. The second-order valence-electron chi connectivity index (χ2n) is 6.81. The van der Waals surface area contributed by atoms with Gasteiger partial charge in [-0.25, -0.2) is 0 Å². The minimum Gasteiger partial charge on any atom is -0.316 e. The zero-order valence-corrected chi connectivity index (χ0v) is 13.0. The third-order valence-electron chi connectivity index (χ3n) is 4.55. The van der Waals surface area contributed by atoms with Crippen LogP contribution in [0.5, 0.6) is 0 Å². The van der Waals surface area contributed by atoms with Crippen molar-refractivity contribution in [2.24, 2.45) is 11.3 Å². The van der Waals surface area contributed by atoms with Crippen LogP contribution in [-0.2, 0) is 0 Å². The molecule has 2 heteroatoms. The molecule has 1 aliphatic rings. The van der Waals surface area contributed by atoms with E-state index in [0.29, 0.717) is 11.5 Å². The molecule has 0 aromatic carbocycles. The van der Waals surface area contributed by atoms with Gasteiger partial charge in [0.15, 0.2) is 0 Å². The maximum atomic E-state index is 3.75. The van der Waals surface area contributed by atoms with Gasteiger partial charge in [-0.1, -0.05) is 40.0 Å². The van der Waals surface area contributed by atoms with Crippen molar-refractivity contribution in [3.8, 4) is 0 Å². The van der Waals surface area contributed by atoms with E-state index in [9.17, 15) is 0 Å². The molecule has 0 spiro atoms. The summed E-state index contributed by atoms with van der Waals surface area (Å²) in [4.78, 5) is 0. The van der Waals surface area contributed by atoms with Crippen molar-refractivity contribution >= 4 is 0 Å². The Labute approximate surface area is 114 Å². The van der Waals surface area contributed by atoms with E-state index in [1.54, 1.807) is 0 Å². The van der Waals surface area contributed by atoms with Crippen LogP contribution in [0.2, 0.25) is 0 Å². The molecule has 0 amide bonds. The van der Waals surface area contributed by atoms with Crippen molar-refractivity contribution in [1.82, 2.24) is 10.6 Å². The molecule has 1 fully saturated rings. The van der Waals surface area contributed by atoms with Gasteiger partial charge < -0.3 is 10.6 Å². The molecule has 0 bridgehead atoms. The summed E-state index contributed by atoms with van der Waals surface area (Å²) >= 11 is 0. The number of hydrogen-bond acceptors (Lipinski definition) is 2. The Kier molecular flexibility index (Phi) is 7.25. The van der Waals surface area contributed by atoms with Crippen LogP contribution < -0.4 is 10.6 Å². The largest absolute Gasteiger partial charge is 0.316 e. The van der Waals surface area contributed by atoms with Gasteiger partial charge in [0, 0.05) is 12.6 Å². The van der Waals surface area contributed by atoms with E-state index >= 15 is 0 Å². The molecule has 2 N–H and O–H groups in total. The summed E-state index contributed by atoms with van der Waals surface area (Å²) in [6.45, 7) is 13.0. The summed E-state index contributed by atoms with van der Waals surface area (Å²) in [5.41, 5.74) is 0.423. The quantitative estimate of drug-likeness (QED) is 0.647. The molecular formula is C16H34N2. The molecule has 0 aliphatic carbocycles. The highest BCUT2D eigenvalue weighted by Crippen LogP contribution is 2.31. The molecule has 2 nitrogen and oxygen atoms in total. The topological polar surface area (TPSA) is 24.1 Å². The summed E-state index contributed by atoms with van der Waals surface area (Å²) in [6.07, 6.45) is 8.14. The lowest BCUT2D eigenvalue weighted by Gasteiger charge is -2.38. The Morgan fingerprint density at radius 3 is 2.72 bits per heavy atom. The van der Waals surface area contributed by atoms with E-state index in [2.05, 4.69) is 38.3 Å². The van der Waals surface area contributed by atoms with Crippen LogP contribution >= 0.6 is 0 Å². The van der Waals surface area contributed by atoms with Gasteiger partial charge in [-0.15, -0.1) is 0 Å². The number of hydrogen-bond donors (Lipinski definition) is 2. The summed E-state index contributed by atoms with van der Waals surface area (Å²) in [5, 5.41) is 7.29. The van der Waals surface area contributed by atoms with Crippen molar-refractivity contribution in [3.63, 3.8) is 0 Å². The highest BCUT2D eigenvalue weighted by molar-refractivity contribution is 4.85. The third kappa shape index (κ3) is 5.71. The third-order valence-corrected chi connectivity index (χ3v) is 4.55. The number of nitrogens with one attached hydrogen (secondary N) is 2. The lowest BCUT2D eigenvalue weighted by Crippen LogP contribution is -2.45. The van der Waals surface area contributed by atoms with Gasteiger partial charge in [-0.3, -0.25) is 0 Å². The summed E-state index contributed by atoms with van der Waals surface area (Å²) < 4.78 is 0.